The molecule has 1 N–H and O–H groups in total. The lowest BCUT2D eigenvalue weighted by Gasteiger charge is -2.32. The smallest absolute Gasteiger partial charge is 0.251 e. The van der Waals surface area contributed by atoms with Gasteiger partial charge in [-0.05, 0) is 43.9 Å². The second-order valence-electron chi connectivity index (χ2n) is 6.83. The van der Waals surface area contributed by atoms with Gasteiger partial charge in [-0.25, -0.2) is 0 Å². The van der Waals surface area contributed by atoms with Gasteiger partial charge < -0.3 is 5.32 Å². The quantitative estimate of drug-likeness (QED) is 0.931. The minimum Gasteiger partial charge on any atom is -0.349 e. The summed E-state index contributed by atoms with van der Waals surface area (Å²) in [5, 5.41) is 3.21. The van der Waals surface area contributed by atoms with E-state index in [-0.39, 0.29) is 11.9 Å². The molecule has 126 valence electrons. The second-order valence-corrected chi connectivity index (χ2v) is 6.83. The number of benzene rings is 2. The number of hydrogen-bond donors (Lipinski definition) is 1. The van der Waals surface area contributed by atoms with Crippen LogP contribution in [0.15, 0.2) is 48.5 Å². The van der Waals surface area contributed by atoms with Gasteiger partial charge in [0.2, 0.25) is 0 Å². The monoisotopic (exact) mass is 322 g/mol. The lowest BCUT2D eigenvalue weighted by molar-refractivity contribution is 0.0908. The van der Waals surface area contributed by atoms with Crippen molar-refractivity contribution < 1.29 is 4.79 Å². The fourth-order valence-electron chi connectivity index (χ4n) is 3.41. The summed E-state index contributed by atoms with van der Waals surface area (Å²) in [6.07, 6.45) is 2.03. The van der Waals surface area contributed by atoms with Gasteiger partial charge in [-0.3, -0.25) is 9.69 Å². The molecular formula is C21H26N2O. The molecule has 0 bridgehead atoms. The molecule has 2 aromatic rings. The van der Waals surface area contributed by atoms with Crippen LogP contribution in [0.4, 0.5) is 0 Å². The maximum Gasteiger partial charge on any atom is 0.251 e. The third kappa shape index (κ3) is 4.24. The van der Waals surface area contributed by atoms with Crippen LogP contribution in [-0.4, -0.2) is 29.9 Å². The number of aryl methyl sites for hydroxylation is 2. The van der Waals surface area contributed by atoms with E-state index in [9.17, 15) is 4.79 Å². The number of amides is 1. The van der Waals surface area contributed by atoms with Gasteiger partial charge in [-0.1, -0.05) is 48.0 Å². The zero-order valence-electron chi connectivity index (χ0n) is 14.6. The first-order valence-electron chi connectivity index (χ1n) is 8.76. The van der Waals surface area contributed by atoms with Crippen molar-refractivity contribution in [2.75, 3.05) is 13.1 Å². The molecule has 2 aromatic carbocycles. The van der Waals surface area contributed by atoms with E-state index in [0.717, 1.165) is 43.6 Å². The van der Waals surface area contributed by atoms with Crippen molar-refractivity contribution in [3.63, 3.8) is 0 Å². The Hall–Kier alpha value is -2.13. The molecule has 3 rings (SSSR count). The summed E-state index contributed by atoms with van der Waals surface area (Å²) in [5.41, 5.74) is 4.40. The summed E-state index contributed by atoms with van der Waals surface area (Å²) in [7, 11) is 0. The molecule has 1 fully saturated rings. The molecule has 1 heterocycles. The minimum atomic E-state index is 0.0639. The summed E-state index contributed by atoms with van der Waals surface area (Å²) in [4.78, 5) is 15.0. The number of likely N-dealkylation sites (tertiary alicyclic amines) is 1. The Morgan fingerprint density at radius 1 is 1.08 bits per heavy atom. The molecular weight excluding hydrogens is 296 g/mol. The Morgan fingerprint density at radius 3 is 2.46 bits per heavy atom. The molecule has 3 nitrogen and oxygen atoms in total. The number of carbonyl (C=O) groups excluding carboxylic acids is 1. The maximum atomic E-state index is 12.5. The third-order valence-corrected chi connectivity index (χ3v) is 4.80. The van der Waals surface area contributed by atoms with Crippen LogP contribution >= 0.6 is 0 Å². The number of nitrogens with one attached hydrogen (secondary N) is 1. The highest BCUT2D eigenvalue weighted by Gasteiger charge is 2.21. The number of nitrogens with zero attached hydrogens (tertiary/aromatic N) is 1. The largest absolute Gasteiger partial charge is 0.349 e. The second kappa shape index (κ2) is 7.63. The molecule has 1 aliphatic rings. The Balaban J connectivity index is 1.51. The van der Waals surface area contributed by atoms with Gasteiger partial charge in [0, 0.05) is 31.2 Å². The van der Waals surface area contributed by atoms with Crippen molar-refractivity contribution in [3.05, 3.63) is 70.8 Å². The van der Waals surface area contributed by atoms with Crippen LogP contribution in [-0.2, 0) is 6.54 Å². The predicted octanol–water partition coefficient (Wildman–Crippen LogP) is 3.70. The Kier molecular flexibility index (Phi) is 5.31. The van der Waals surface area contributed by atoms with Gasteiger partial charge in [0.1, 0.15) is 0 Å². The van der Waals surface area contributed by atoms with Crippen molar-refractivity contribution in [1.82, 2.24) is 10.2 Å². The van der Waals surface area contributed by atoms with Crippen LogP contribution in [0, 0.1) is 13.8 Å². The molecule has 1 saturated heterocycles. The van der Waals surface area contributed by atoms with E-state index in [2.05, 4.69) is 53.5 Å². The zero-order chi connectivity index (χ0) is 16.9. The van der Waals surface area contributed by atoms with Crippen LogP contribution in [0.5, 0.6) is 0 Å². The van der Waals surface area contributed by atoms with Crippen molar-refractivity contribution >= 4 is 5.91 Å². The fourth-order valence-corrected chi connectivity index (χ4v) is 3.41. The first-order chi connectivity index (χ1) is 11.6. The lowest BCUT2D eigenvalue weighted by atomic mass is 10.0. The minimum absolute atomic E-state index is 0.0639. The van der Waals surface area contributed by atoms with Crippen LogP contribution in [0.3, 0.4) is 0 Å². The van der Waals surface area contributed by atoms with Gasteiger partial charge in [-0.2, -0.15) is 0 Å². The average Bonchev–Trinajstić information content (AvgIpc) is 2.57. The maximum absolute atomic E-state index is 12.5. The molecule has 0 aromatic heterocycles. The van der Waals surface area contributed by atoms with Gasteiger partial charge in [0.15, 0.2) is 0 Å². The molecule has 1 aliphatic heterocycles. The number of piperidine rings is 1. The topological polar surface area (TPSA) is 32.3 Å². The first kappa shape index (κ1) is 16.7. The van der Waals surface area contributed by atoms with E-state index >= 15 is 0 Å². The molecule has 1 amide bonds. The van der Waals surface area contributed by atoms with Crippen LogP contribution < -0.4 is 5.32 Å². The molecule has 0 unspecified atom stereocenters. The van der Waals surface area contributed by atoms with E-state index in [1.807, 2.05) is 19.1 Å². The number of carbonyl (C=O) groups is 1. The SMILES string of the molecule is Cc1ccc(C(=O)NC2CCN(Cc3ccccc3)CC2)c(C)c1. The molecule has 0 atom stereocenters. The fraction of sp³-hybridized carbons (Fsp3) is 0.381. The highest BCUT2D eigenvalue weighted by Crippen LogP contribution is 2.16. The van der Waals surface area contributed by atoms with E-state index in [4.69, 9.17) is 0 Å². The Labute approximate surface area is 144 Å². The molecule has 3 heteroatoms. The van der Waals surface area contributed by atoms with E-state index < -0.39 is 0 Å². The van der Waals surface area contributed by atoms with E-state index in [1.54, 1.807) is 0 Å². The summed E-state index contributed by atoms with van der Waals surface area (Å²) in [6.45, 7) is 7.12. The van der Waals surface area contributed by atoms with E-state index in [1.165, 1.54) is 11.1 Å². The van der Waals surface area contributed by atoms with Gasteiger partial charge in [0.05, 0.1) is 0 Å². The third-order valence-electron chi connectivity index (χ3n) is 4.80. The van der Waals surface area contributed by atoms with Gasteiger partial charge in [0.25, 0.3) is 5.91 Å². The van der Waals surface area contributed by atoms with Crippen molar-refractivity contribution in [2.45, 2.75) is 39.3 Å². The first-order valence-corrected chi connectivity index (χ1v) is 8.76. The number of rotatable bonds is 4. The van der Waals surface area contributed by atoms with Crippen molar-refractivity contribution in [2.24, 2.45) is 0 Å². The Morgan fingerprint density at radius 2 is 1.79 bits per heavy atom. The van der Waals surface area contributed by atoms with Crippen molar-refractivity contribution in [1.29, 1.82) is 0 Å². The summed E-state index contributed by atoms with van der Waals surface area (Å²) >= 11 is 0. The molecule has 0 spiro atoms. The standard InChI is InChI=1S/C21H26N2O/c1-16-8-9-20(17(2)14-16)21(24)22-19-10-12-23(13-11-19)15-18-6-4-3-5-7-18/h3-9,14,19H,10-13,15H2,1-2H3,(H,22,24). The molecule has 0 radical (unpaired) electrons. The summed E-state index contributed by atoms with van der Waals surface area (Å²) in [6, 6.07) is 16.9. The number of hydrogen-bond acceptors (Lipinski definition) is 2. The highest BCUT2D eigenvalue weighted by molar-refractivity contribution is 5.95. The zero-order valence-corrected chi connectivity index (χ0v) is 14.6. The average molecular weight is 322 g/mol. The van der Waals surface area contributed by atoms with Crippen LogP contribution in [0.1, 0.15) is 39.9 Å². The van der Waals surface area contributed by atoms with Crippen LogP contribution in [0.2, 0.25) is 0 Å². The summed E-state index contributed by atoms with van der Waals surface area (Å²) in [5.74, 6) is 0.0639. The van der Waals surface area contributed by atoms with E-state index in [0.29, 0.717) is 0 Å². The van der Waals surface area contributed by atoms with Crippen LogP contribution in [0.25, 0.3) is 0 Å². The molecule has 0 saturated carbocycles. The summed E-state index contributed by atoms with van der Waals surface area (Å²) < 4.78 is 0. The van der Waals surface area contributed by atoms with Gasteiger partial charge in [-0.15, -0.1) is 0 Å². The van der Waals surface area contributed by atoms with Crippen molar-refractivity contribution in [3.8, 4) is 0 Å². The normalized spacial score (nSPS) is 16.1. The Bertz CT molecular complexity index is 688. The molecule has 0 aliphatic carbocycles. The lowest BCUT2D eigenvalue weighted by Crippen LogP contribution is -2.44. The van der Waals surface area contributed by atoms with Gasteiger partial charge >= 0.3 is 0 Å². The predicted molar refractivity (Wildman–Crippen MR) is 98.1 cm³/mol. The highest BCUT2D eigenvalue weighted by atomic mass is 16.1. The molecule has 24 heavy (non-hydrogen) atoms.